The third-order valence-electron chi connectivity index (χ3n) is 3.67. The first-order chi connectivity index (χ1) is 11.8. The number of imidazole rings is 1. The number of hydrogen-bond donors (Lipinski definition) is 3. The fourth-order valence-electron chi connectivity index (χ4n) is 2.49. The standard InChI is InChI=1S/C17H16N6O/c18-14-13-16(22-15(20-13)12-7-4-10-24-12)23-17(21-14)19-9-8-11-5-2-1-3-6-11/h1-7,10H,8-9H2,(H4,18,19,20,21,22,23). The first kappa shape index (κ1) is 14.3. The van der Waals surface area contributed by atoms with Crippen molar-refractivity contribution in [2.75, 3.05) is 17.6 Å². The minimum atomic E-state index is 0.354. The normalized spacial score (nSPS) is 11.0. The average Bonchev–Trinajstić information content (AvgIpc) is 3.25. The number of H-pyrrole nitrogens is 1. The van der Waals surface area contributed by atoms with Gasteiger partial charge in [0, 0.05) is 6.54 Å². The van der Waals surface area contributed by atoms with Gasteiger partial charge in [0.25, 0.3) is 0 Å². The molecule has 7 heteroatoms. The summed E-state index contributed by atoms with van der Waals surface area (Å²) in [5.74, 6) is 2.03. The van der Waals surface area contributed by atoms with Crippen LogP contribution < -0.4 is 11.1 Å². The molecule has 1 aromatic carbocycles. The molecule has 120 valence electrons. The van der Waals surface area contributed by atoms with Crippen molar-refractivity contribution in [3.8, 4) is 11.6 Å². The summed E-state index contributed by atoms with van der Waals surface area (Å²) in [6, 6.07) is 13.8. The summed E-state index contributed by atoms with van der Waals surface area (Å²) in [7, 11) is 0. The fraction of sp³-hybridized carbons (Fsp3) is 0.118. The number of fused-ring (bicyclic) bond motifs is 1. The number of aromatic nitrogens is 4. The highest BCUT2D eigenvalue weighted by Crippen LogP contribution is 2.23. The maximum atomic E-state index is 6.01. The van der Waals surface area contributed by atoms with Gasteiger partial charge < -0.3 is 20.5 Å². The van der Waals surface area contributed by atoms with Gasteiger partial charge in [-0.2, -0.15) is 9.97 Å². The molecule has 0 unspecified atom stereocenters. The largest absolute Gasteiger partial charge is 0.461 e. The number of benzene rings is 1. The van der Waals surface area contributed by atoms with Gasteiger partial charge in [-0.05, 0) is 24.1 Å². The van der Waals surface area contributed by atoms with Crippen LogP contribution in [-0.4, -0.2) is 26.5 Å². The molecule has 0 saturated carbocycles. The molecule has 0 aliphatic rings. The van der Waals surface area contributed by atoms with E-state index in [4.69, 9.17) is 10.2 Å². The maximum absolute atomic E-state index is 6.01. The Kier molecular flexibility index (Phi) is 3.59. The third-order valence-corrected chi connectivity index (χ3v) is 3.67. The van der Waals surface area contributed by atoms with E-state index in [1.165, 1.54) is 5.56 Å². The lowest BCUT2D eigenvalue weighted by Crippen LogP contribution is -2.09. The van der Waals surface area contributed by atoms with Crippen LogP contribution in [0.5, 0.6) is 0 Å². The van der Waals surface area contributed by atoms with Gasteiger partial charge in [0.15, 0.2) is 23.0 Å². The summed E-state index contributed by atoms with van der Waals surface area (Å²) in [6.45, 7) is 0.713. The van der Waals surface area contributed by atoms with Crippen molar-refractivity contribution in [3.05, 3.63) is 54.3 Å². The average molecular weight is 320 g/mol. The van der Waals surface area contributed by atoms with Crippen LogP contribution in [0.3, 0.4) is 0 Å². The van der Waals surface area contributed by atoms with E-state index in [-0.39, 0.29) is 0 Å². The Morgan fingerprint density at radius 1 is 1.04 bits per heavy atom. The second-order valence-corrected chi connectivity index (χ2v) is 5.36. The number of nitrogens with one attached hydrogen (secondary N) is 2. The van der Waals surface area contributed by atoms with E-state index in [1.807, 2.05) is 24.3 Å². The van der Waals surface area contributed by atoms with Crippen molar-refractivity contribution in [2.45, 2.75) is 6.42 Å². The topological polar surface area (TPSA) is 106 Å². The zero-order valence-electron chi connectivity index (χ0n) is 12.9. The lowest BCUT2D eigenvalue weighted by molar-refractivity contribution is 0.578. The van der Waals surface area contributed by atoms with Gasteiger partial charge in [0.2, 0.25) is 5.95 Å². The molecule has 3 aromatic heterocycles. The Balaban J connectivity index is 1.54. The molecular weight excluding hydrogens is 304 g/mol. The quantitative estimate of drug-likeness (QED) is 0.522. The summed E-state index contributed by atoms with van der Waals surface area (Å²) in [5, 5.41) is 3.19. The predicted octanol–water partition coefficient (Wildman–Crippen LogP) is 2.85. The fourth-order valence-corrected chi connectivity index (χ4v) is 2.49. The van der Waals surface area contributed by atoms with Crippen LogP contribution in [0.15, 0.2) is 53.1 Å². The lowest BCUT2D eigenvalue weighted by Gasteiger charge is -2.05. The number of nitrogens with two attached hydrogens (primary N) is 1. The molecule has 7 nitrogen and oxygen atoms in total. The molecule has 4 aromatic rings. The first-order valence-corrected chi connectivity index (χ1v) is 7.64. The van der Waals surface area contributed by atoms with Crippen LogP contribution >= 0.6 is 0 Å². The minimum Gasteiger partial charge on any atom is -0.461 e. The number of furan rings is 1. The number of nitrogen functional groups attached to an aromatic ring is 1. The Morgan fingerprint density at radius 3 is 2.71 bits per heavy atom. The van der Waals surface area contributed by atoms with Gasteiger partial charge in [-0.15, -0.1) is 0 Å². The first-order valence-electron chi connectivity index (χ1n) is 7.64. The van der Waals surface area contributed by atoms with Crippen LogP contribution in [0, 0.1) is 0 Å². The van der Waals surface area contributed by atoms with E-state index >= 15 is 0 Å². The summed E-state index contributed by atoms with van der Waals surface area (Å²) >= 11 is 0. The van der Waals surface area contributed by atoms with Crippen molar-refractivity contribution in [1.82, 2.24) is 19.9 Å². The van der Waals surface area contributed by atoms with Crippen molar-refractivity contribution in [3.63, 3.8) is 0 Å². The smallest absolute Gasteiger partial charge is 0.226 e. The molecule has 0 aliphatic carbocycles. The van der Waals surface area contributed by atoms with Gasteiger partial charge in [-0.25, -0.2) is 4.98 Å². The van der Waals surface area contributed by atoms with Crippen molar-refractivity contribution < 1.29 is 4.42 Å². The van der Waals surface area contributed by atoms with Gasteiger partial charge in [0.05, 0.1) is 6.26 Å². The van der Waals surface area contributed by atoms with Crippen LogP contribution in [0.2, 0.25) is 0 Å². The van der Waals surface area contributed by atoms with Crippen LogP contribution in [0.1, 0.15) is 5.56 Å². The van der Waals surface area contributed by atoms with Crippen molar-refractivity contribution >= 4 is 22.9 Å². The van der Waals surface area contributed by atoms with E-state index in [2.05, 4.69) is 37.4 Å². The number of nitrogens with zero attached hydrogens (tertiary/aromatic N) is 3. The van der Waals surface area contributed by atoms with Gasteiger partial charge in [0.1, 0.15) is 5.52 Å². The van der Waals surface area contributed by atoms with Gasteiger partial charge >= 0.3 is 0 Å². The second-order valence-electron chi connectivity index (χ2n) is 5.36. The molecule has 4 rings (SSSR count). The van der Waals surface area contributed by atoms with Gasteiger partial charge in [-0.1, -0.05) is 30.3 Å². The summed E-state index contributed by atoms with van der Waals surface area (Å²) < 4.78 is 5.33. The molecular formula is C17H16N6O. The van der Waals surface area contributed by atoms with Crippen LogP contribution in [0.4, 0.5) is 11.8 Å². The van der Waals surface area contributed by atoms with Crippen LogP contribution in [-0.2, 0) is 6.42 Å². The van der Waals surface area contributed by atoms with E-state index in [0.29, 0.717) is 41.1 Å². The van der Waals surface area contributed by atoms with E-state index in [0.717, 1.165) is 6.42 Å². The Hall–Kier alpha value is -3.35. The predicted molar refractivity (Wildman–Crippen MR) is 92.4 cm³/mol. The minimum absolute atomic E-state index is 0.354. The lowest BCUT2D eigenvalue weighted by atomic mass is 10.1. The molecule has 0 fully saturated rings. The zero-order chi connectivity index (χ0) is 16.4. The van der Waals surface area contributed by atoms with Crippen LogP contribution in [0.25, 0.3) is 22.7 Å². The molecule has 4 N–H and O–H groups in total. The van der Waals surface area contributed by atoms with E-state index < -0.39 is 0 Å². The summed E-state index contributed by atoms with van der Waals surface area (Å²) in [5.41, 5.74) is 8.38. The molecule has 0 amide bonds. The number of hydrogen-bond acceptors (Lipinski definition) is 6. The Labute approximate surface area is 138 Å². The third kappa shape index (κ3) is 2.79. The summed E-state index contributed by atoms with van der Waals surface area (Å²) in [4.78, 5) is 16.2. The summed E-state index contributed by atoms with van der Waals surface area (Å²) in [6.07, 6.45) is 2.47. The molecule has 0 spiro atoms. The number of aromatic amines is 1. The Bertz CT molecular complexity index is 946. The highest BCUT2D eigenvalue weighted by atomic mass is 16.3. The van der Waals surface area contributed by atoms with Crippen molar-refractivity contribution in [1.29, 1.82) is 0 Å². The number of rotatable bonds is 5. The van der Waals surface area contributed by atoms with Gasteiger partial charge in [-0.3, -0.25) is 0 Å². The maximum Gasteiger partial charge on any atom is 0.226 e. The highest BCUT2D eigenvalue weighted by Gasteiger charge is 2.13. The van der Waals surface area contributed by atoms with E-state index in [9.17, 15) is 0 Å². The highest BCUT2D eigenvalue weighted by molar-refractivity contribution is 5.85. The molecule has 24 heavy (non-hydrogen) atoms. The number of anilines is 2. The zero-order valence-corrected chi connectivity index (χ0v) is 12.9. The van der Waals surface area contributed by atoms with E-state index in [1.54, 1.807) is 12.3 Å². The monoisotopic (exact) mass is 320 g/mol. The molecule has 0 bridgehead atoms. The second kappa shape index (κ2) is 6.04. The molecule has 0 saturated heterocycles. The molecule has 3 heterocycles. The molecule has 0 radical (unpaired) electrons. The Morgan fingerprint density at radius 2 is 1.92 bits per heavy atom. The molecule has 0 atom stereocenters. The molecule has 0 aliphatic heterocycles. The SMILES string of the molecule is Nc1nc(NCCc2ccccc2)nc2nc(-c3ccco3)[nH]c12. The van der Waals surface area contributed by atoms with Crippen molar-refractivity contribution in [2.24, 2.45) is 0 Å².